The van der Waals surface area contributed by atoms with Gasteiger partial charge in [0.05, 0.1) is 6.04 Å². The van der Waals surface area contributed by atoms with Gasteiger partial charge in [0.25, 0.3) is 11.7 Å². The summed E-state index contributed by atoms with van der Waals surface area (Å²) in [4.78, 5) is 18.1. The molecule has 0 aliphatic carbocycles. The number of rotatable bonds is 5. The van der Waals surface area contributed by atoms with Gasteiger partial charge in [0.15, 0.2) is 0 Å². The van der Waals surface area contributed by atoms with Crippen LogP contribution in [0.25, 0.3) is 0 Å². The van der Waals surface area contributed by atoms with Crippen molar-refractivity contribution < 1.29 is 9.32 Å². The number of nitrogens with one attached hydrogen (secondary N) is 1. The number of carbonyl (C=O) groups is 1. The maximum absolute atomic E-state index is 12.2. The molecule has 2 rings (SSSR count). The fourth-order valence-corrected chi connectivity index (χ4v) is 2.15. The van der Waals surface area contributed by atoms with E-state index >= 15 is 0 Å². The third-order valence-electron chi connectivity index (χ3n) is 3.12. The molecule has 1 saturated heterocycles. The van der Waals surface area contributed by atoms with Crippen molar-refractivity contribution in [1.82, 2.24) is 20.4 Å². The summed E-state index contributed by atoms with van der Waals surface area (Å²) in [6, 6.07) is 0.0882. The van der Waals surface area contributed by atoms with Gasteiger partial charge in [-0.15, -0.1) is 0 Å². The molecule has 1 atom stereocenters. The Balaban J connectivity index is 2.08. The van der Waals surface area contributed by atoms with Gasteiger partial charge in [0.1, 0.15) is 0 Å². The van der Waals surface area contributed by atoms with E-state index in [1.165, 1.54) is 0 Å². The van der Waals surface area contributed by atoms with Crippen LogP contribution in [0.15, 0.2) is 16.7 Å². The fraction of sp³-hybridized carbons (Fsp3) is 0.615. The summed E-state index contributed by atoms with van der Waals surface area (Å²) in [5, 5.41) is 7.06. The molecule has 0 saturated carbocycles. The maximum atomic E-state index is 12.2. The lowest BCUT2D eigenvalue weighted by Crippen LogP contribution is -2.33. The topological polar surface area (TPSA) is 71.3 Å². The van der Waals surface area contributed by atoms with Crippen molar-refractivity contribution in [3.8, 4) is 0 Å². The van der Waals surface area contributed by atoms with Crippen LogP contribution in [0.1, 0.15) is 49.2 Å². The Bertz CT molecular complexity index is 463. The molecule has 0 radical (unpaired) electrons. The van der Waals surface area contributed by atoms with Crippen LogP contribution in [0.5, 0.6) is 0 Å². The Kier molecular flexibility index (Phi) is 4.31. The van der Waals surface area contributed by atoms with Crippen LogP contribution in [0.4, 0.5) is 0 Å². The van der Waals surface area contributed by atoms with Crippen LogP contribution >= 0.6 is 0 Å². The average molecular weight is 264 g/mol. The largest absolute Gasteiger partial charge is 0.337 e. The summed E-state index contributed by atoms with van der Waals surface area (Å²) in [5.41, 5.74) is 0.927. The molecule has 1 aliphatic heterocycles. The van der Waals surface area contributed by atoms with Crippen LogP contribution in [0, 0.1) is 0 Å². The van der Waals surface area contributed by atoms with Crippen LogP contribution in [0.3, 0.4) is 0 Å². The zero-order valence-corrected chi connectivity index (χ0v) is 11.5. The van der Waals surface area contributed by atoms with E-state index in [2.05, 4.69) is 22.0 Å². The van der Waals surface area contributed by atoms with E-state index in [1.807, 2.05) is 13.8 Å². The van der Waals surface area contributed by atoms with Gasteiger partial charge in [-0.25, -0.2) is 0 Å². The smallest absolute Gasteiger partial charge is 0.295 e. The first-order chi connectivity index (χ1) is 9.11. The van der Waals surface area contributed by atoms with Crippen LogP contribution in [-0.4, -0.2) is 40.6 Å². The molecule has 2 heterocycles. The molecule has 1 aromatic heterocycles. The standard InChI is InChI=1S/C13H20N4O2/c1-4-17(8-9(2)3)13(18)11-15-12(19-16-11)10-6-5-7-14-10/h10,14H,2,4-8H2,1,3H3. The summed E-state index contributed by atoms with van der Waals surface area (Å²) >= 11 is 0. The minimum absolute atomic E-state index is 0.0882. The van der Waals surface area contributed by atoms with Gasteiger partial charge in [-0.3, -0.25) is 4.79 Å². The van der Waals surface area contributed by atoms with Crippen molar-refractivity contribution in [2.24, 2.45) is 0 Å². The molecule has 1 aromatic rings. The fourth-order valence-electron chi connectivity index (χ4n) is 2.15. The molecular weight excluding hydrogens is 244 g/mol. The second-order valence-corrected chi connectivity index (χ2v) is 4.88. The summed E-state index contributed by atoms with van der Waals surface area (Å²) < 4.78 is 5.18. The third-order valence-corrected chi connectivity index (χ3v) is 3.12. The molecule has 1 aliphatic rings. The van der Waals surface area contributed by atoms with Gasteiger partial charge in [0, 0.05) is 13.1 Å². The minimum atomic E-state index is -0.210. The molecule has 6 nitrogen and oxygen atoms in total. The Morgan fingerprint density at radius 1 is 1.63 bits per heavy atom. The highest BCUT2D eigenvalue weighted by Crippen LogP contribution is 2.21. The first kappa shape index (κ1) is 13.7. The lowest BCUT2D eigenvalue weighted by Gasteiger charge is -2.18. The summed E-state index contributed by atoms with van der Waals surface area (Å²) in [7, 11) is 0. The van der Waals surface area contributed by atoms with E-state index in [4.69, 9.17) is 4.52 Å². The molecule has 104 valence electrons. The molecule has 1 unspecified atom stereocenters. The molecular formula is C13H20N4O2. The Hall–Kier alpha value is -1.69. The lowest BCUT2D eigenvalue weighted by atomic mass is 10.2. The van der Waals surface area contributed by atoms with Crippen molar-refractivity contribution >= 4 is 5.91 Å². The Morgan fingerprint density at radius 2 is 2.42 bits per heavy atom. The van der Waals surface area contributed by atoms with Gasteiger partial charge in [-0.2, -0.15) is 4.98 Å². The van der Waals surface area contributed by atoms with Crippen molar-refractivity contribution in [3.63, 3.8) is 0 Å². The van der Waals surface area contributed by atoms with Crippen molar-refractivity contribution in [2.45, 2.75) is 32.7 Å². The van der Waals surface area contributed by atoms with E-state index in [0.717, 1.165) is 25.0 Å². The number of aromatic nitrogens is 2. The highest BCUT2D eigenvalue weighted by atomic mass is 16.5. The second kappa shape index (κ2) is 5.97. The highest BCUT2D eigenvalue weighted by molar-refractivity contribution is 5.90. The van der Waals surface area contributed by atoms with Crippen molar-refractivity contribution in [3.05, 3.63) is 23.9 Å². The number of amides is 1. The first-order valence-electron chi connectivity index (χ1n) is 6.62. The van der Waals surface area contributed by atoms with Crippen molar-refractivity contribution in [2.75, 3.05) is 19.6 Å². The zero-order chi connectivity index (χ0) is 13.8. The SMILES string of the molecule is C=C(C)CN(CC)C(=O)c1noc(C2CCCN2)n1. The molecule has 0 bridgehead atoms. The van der Waals surface area contributed by atoms with Gasteiger partial charge >= 0.3 is 0 Å². The summed E-state index contributed by atoms with van der Waals surface area (Å²) in [6.07, 6.45) is 2.06. The van der Waals surface area contributed by atoms with Gasteiger partial charge < -0.3 is 14.7 Å². The summed E-state index contributed by atoms with van der Waals surface area (Å²) in [5.74, 6) is 0.428. The number of hydrogen-bond donors (Lipinski definition) is 1. The van der Waals surface area contributed by atoms with Gasteiger partial charge in [-0.05, 0) is 33.2 Å². The minimum Gasteiger partial charge on any atom is -0.337 e. The normalized spacial score (nSPS) is 18.5. The molecule has 6 heteroatoms. The van der Waals surface area contributed by atoms with Crippen LogP contribution in [-0.2, 0) is 0 Å². The number of hydrogen-bond acceptors (Lipinski definition) is 5. The number of likely N-dealkylation sites (N-methyl/N-ethyl adjacent to an activating group) is 1. The predicted octanol–water partition coefficient (Wildman–Crippen LogP) is 1.53. The quantitative estimate of drug-likeness (QED) is 0.817. The monoisotopic (exact) mass is 264 g/mol. The summed E-state index contributed by atoms with van der Waals surface area (Å²) in [6.45, 7) is 9.69. The lowest BCUT2D eigenvalue weighted by molar-refractivity contribution is 0.0763. The predicted molar refractivity (Wildman–Crippen MR) is 70.7 cm³/mol. The number of carbonyl (C=O) groups excluding carboxylic acids is 1. The van der Waals surface area contributed by atoms with Crippen LogP contribution < -0.4 is 5.32 Å². The molecule has 1 N–H and O–H groups in total. The average Bonchev–Trinajstić information content (AvgIpc) is 3.04. The number of nitrogens with zero attached hydrogens (tertiary/aromatic N) is 3. The first-order valence-corrected chi connectivity index (χ1v) is 6.62. The van der Waals surface area contributed by atoms with E-state index in [-0.39, 0.29) is 17.8 Å². The van der Waals surface area contributed by atoms with E-state index < -0.39 is 0 Å². The highest BCUT2D eigenvalue weighted by Gasteiger charge is 2.26. The van der Waals surface area contributed by atoms with Crippen LogP contribution in [0.2, 0.25) is 0 Å². The second-order valence-electron chi connectivity index (χ2n) is 4.88. The molecule has 0 spiro atoms. The maximum Gasteiger partial charge on any atom is 0.295 e. The van der Waals surface area contributed by atoms with E-state index in [9.17, 15) is 4.79 Å². The van der Waals surface area contributed by atoms with Crippen molar-refractivity contribution in [1.29, 1.82) is 0 Å². The molecule has 1 fully saturated rings. The van der Waals surface area contributed by atoms with Gasteiger partial charge in [0.2, 0.25) is 5.89 Å². The Morgan fingerprint density at radius 3 is 3.00 bits per heavy atom. The Labute approximate surface area is 112 Å². The third kappa shape index (κ3) is 3.20. The molecule has 0 aromatic carbocycles. The molecule has 1 amide bonds. The van der Waals surface area contributed by atoms with E-state index in [1.54, 1.807) is 4.90 Å². The van der Waals surface area contributed by atoms with E-state index in [0.29, 0.717) is 19.0 Å². The van der Waals surface area contributed by atoms with Gasteiger partial charge in [-0.1, -0.05) is 17.3 Å². The molecule has 19 heavy (non-hydrogen) atoms. The zero-order valence-electron chi connectivity index (χ0n) is 11.5.